The molecule has 0 aliphatic rings. The van der Waals surface area contributed by atoms with Gasteiger partial charge in [0.05, 0.1) is 20.8 Å². The van der Waals surface area contributed by atoms with Gasteiger partial charge in [0.2, 0.25) is 5.91 Å². The number of aryl methyl sites for hydroxylation is 1. The Hall–Kier alpha value is -2.45. The van der Waals surface area contributed by atoms with Gasteiger partial charge in [0.15, 0.2) is 5.13 Å². The number of aromatic nitrogens is 1. The first-order valence-corrected chi connectivity index (χ1v) is 9.97. The molecule has 2 N–H and O–H groups in total. The van der Waals surface area contributed by atoms with Crippen molar-refractivity contribution in [2.45, 2.75) is 25.2 Å². The lowest BCUT2D eigenvalue weighted by Gasteiger charge is -2.08. The summed E-state index contributed by atoms with van der Waals surface area (Å²) in [7, 11) is -3.65. The number of thiazole rings is 1. The van der Waals surface area contributed by atoms with Gasteiger partial charge in [0.25, 0.3) is 10.0 Å². The smallest absolute Gasteiger partial charge is 0.261 e. The topological polar surface area (TPSA) is 88.2 Å². The first kappa shape index (κ1) is 17.4. The zero-order valence-electron chi connectivity index (χ0n) is 13.7. The molecule has 0 saturated carbocycles. The number of nitrogens with one attached hydrogen (secondary N) is 2. The van der Waals surface area contributed by atoms with Crippen molar-refractivity contribution in [3.63, 3.8) is 0 Å². The number of carbonyl (C=O) groups is 1. The molecule has 25 heavy (non-hydrogen) atoms. The van der Waals surface area contributed by atoms with Gasteiger partial charge in [-0.05, 0) is 42.3 Å². The van der Waals surface area contributed by atoms with Crippen LogP contribution in [0.2, 0.25) is 0 Å². The maximum Gasteiger partial charge on any atom is 0.261 e. The Morgan fingerprint density at radius 2 is 1.88 bits per heavy atom. The molecule has 3 rings (SSSR count). The Bertz CT molecular complexity index is 1020. The monoisotopic (exact) mass is 375 g/mol. The first-order valence-electron chi connectivity index (χ1n) is 7.67. The number of anilines is 2. The highest BCUT2D eigenvalue weighted by molar-refractivity contribution is 7.92. The Morgan fingerprint density at radius 3 is 2.52 bits per heavy atom. The number of nitrogens with zero attached hydrogens (tertiary/aromatic N) is 1. The summed E-state index contributed by atoms with van der Waals surface area (Å²) in [5, 5.41) is 3.11. The number of fused-ring (bicyclic) bond motifs is 1. The summed E-state index contributed by atoms with van der Waals surface area (Å²) in [4.78, 5) is 15.6. The van der Waals surface area contributed by atoms with Gasteiger partial charge in [-0.3, -0.25) is 9.52 Å². The van der Waals surface area contributed by atoms with Crippen molar-refractivity contribution in [1.29, 1.82) is 0 Å². The number of sulfonamides is 1. The van der Waals surface area contributed by atoms with Gasteiger partial charge < -0.3 is 5.32 Å². The summed E-state index contributed by atoms with van der Waals surface area (Å²) in [6.07, 6.45) is 0.854. The number of benzene rings is 2. The van der Waals surface area contributed by atoms with Gasteiger partial charge in [0.1, 0.15) is 0 Å². The summed E-state index contributed by atoms with van der Waals surface area (Å²) in [6, 6.07) is 11.9. The molecule has 0 spiro atoms. The van der Waals surface area contributed by atoms with E-state index in [1.165, 1.54) is 18.3 Å². The average molecular weight is 375 g/mol. The van der Waals surface area contributed by atoms with E-state index in [0.29, 0.717) is 16.3 Å². The lowest BCUT2D eigenvalue weighted by Crippen LogP contribution is -2.12. The Labute approximate surface area is 150 Å². The van der Waals surface area contributed by atoms with Crippen LogP contribution in [-0.4, -0.2) is 19.3 Å². The fraction of sp³-hybridized carbons (Fsp3) is 0.176. The van der Waals surface area contributed by atoms with E-state index >= 15 is 0 Å². The van der Waals surface area contributed by atoms with Gasteiger partial charge in [-0.15, -0.1) is 0 Å². The summed E-state index contributed by atoms with van der Waals surface area (Å²) >= 11 is 1.29. The highest BCUT2D eigenvalue weighted by atomic mass is 32.2. The van der Waals surface area contributed by atoms with E-state index in [2.05, 4.69) is 15.0 Å². The molecule has 130 valence electrons. The van der Waals surface area contributed by atoms with Crippen LogP contribution in [0, 0.1) is 0 Å². The van der Waals surface area contributed by atoms with Crippen LogP contribution in [0.5, 0.6) is 0 Å². The van der Waals surface area contributed by atoms with E-state index < -0.39 is 10.0 Å². The largest absolute Gasteiger partial charge is 0.302 e. The number of hydrogen-bond donors (Lipinski definition) is 2. The molecule has 8 heteroatoms. The minimum Gasteiger partial charge on any atom is -0.302 e. The van der Waals surface area contributed by atoms with E-state index in [-0.39, 0.29) is 10.8 Å². The third-order valence-electron chi connectivity index (χ3n) is 3.57. The fourth-order valence-corrected chi connectivity index (χ4v) is 4.31. The zero-order chi connectivity index (χ0) is 18.0. The quantitative estimate of drug-likeness (QED) is 0.713. The van der Waals surface area contributed by atoms with Gasteiger partial charge in [0, 0.05) is 6.92 Å². The second-order valence-electron chi connectivity index (χ2n) is 5.49. The summed E-state index contributed by atoms with van der Waals surface area (Å²) in [5.41, 5.74) is 2.23. The van der Waals surface area contributed by atoms with E-state index in [1.54, 1.807) is 42.5 Å². The van der Waals surface area contributed by atoms with Crippen molar-refractivity contribution in [1.82, 2.24) is 4.98 Å². The van der Waals surface area contributed by atoms with Crippen LogP contribution in [-0.2, 0) is 21.2 Å². The highest BCUT2D eigenvalue weighted by Crippen LogP contribution is 2.29. The predicted molar refractivity (Wildman–Crippen MR) is 101 cm³/mol. The predicted octanol–water partition coefficient (Wildman–Crippen LogP) is 3.62. The van der Waals surface area contributed by atoms with Crippen molar-refractivity contribution >= 4 is 48.3 Å². The lowest BCUT2D eigenvalue weighted by atomic mass is 10.2. The molecular formula is C17H17N3O3S2. The normalized spacial score (nSPS) is 11.4. The fourth-order valence-electron chi connectivity index (χ4n) is 2.31. The third-order valence-corrected chi connectivity index (χ3v) is 5.90. The molecule has 0 saturated heterocycles. The molecule has 1 amide bonds. The maximum absolute atomic E-state index is 12.5. The third kappa shape index (κ3) is 3.97. The molecule has 2 aromatic carbocycles. The van der Waals surface area contributed by atoms with Crippen molar-refractivity contribution < 1.29 is 13.2 Å². The van der Waals surface area contributed by atoms with E-state index in [0.717, 1.165) is 16.7 Å². The van der Waals surface area contributed by atoms with E-state index in [4.69, 9.17) is 0 Å². The first-order chi connectivity index (χ1) is 11.9. The lowest BCUT2D eigenvalue weighted by molar-refractivity contribution is -0.114. The molecule has 1 aromatic heterocycles. The van der Waals surface area contributed by atoms with E-state index in [1.807, 2.05) is 6.92 Å². The van der Waals surface area contributed by atoms with Crippen molar-refractivity contribution in [3.05, 3.63) is 48.0 Å². The Kier molecular flexibility index (Phi) is 4.73. The summed E-state index contributed by atoms with van der Waals surface area (Å²) in [6.45, 7) is 3.43. The van der Waals surface area contributed by atoms with E-state index in [9.17, 15) is 13.2 Å². The standard InChI is InChI=1S/C17H17N3O3S2/c1-3-12-4-7-14(8-5-12)25(22,23)20-13-6-9-15-16(10-13)24-17(19-15)18-11(2)21/h4-10,20H,3H2,1-2H3,(H,18,19,21). The number of amides is 1. The molecule has 0 unspecified atom stereocenters. The van der Waals surface area contributed by atoms with Crippen LogP contribution in [0.1, 0.15) is 19.4 Å². The second-order valence-corrected chi connectivity index (χ2v) is 8.20. The number of rotatable bonds is 5. The van der Waals surface area contributed by atoms with Crippen LogP contribution in [0.3, 0.4) is 0 Å². The van der Waals surface area contributed by atoms with Gasteiger partial charge in [-0.2, -0.15) is 0 Å². The molecule has 0 aliphatic heterocycles. The van der Waals surface area contributed by atoms with Crippen LogP contribution in [0.25, 0.3) is 10.2 Å². The van der Waals surface area contributed by atoms with Crippen LogP contribution >= 0.6 is 11.3 Å². The zero-order valence-corrected chi connectivity index (χ0v) is 15.4. The minimum atomic E-state index is -3.65. The number of carbonyl (C=O) groups excluding carboxylic acids is 1. The van der Waals surface area contributed by atoms with Crippen molar-refractivity contribution in [3.8, 4) is 0 Å². The van der Waals surface area contributed by atoms with Gasteiger partial charge in [-0.1, -0.05) is 30.4 Å². The molecule has 3 aromatic rings. The molecule has 0 radical (unpaired) electrons. The summed E-state index contributed by atoms with van der Waals surface area (Å²) < 4.78 is 28.4. The Morgan fingerprint density at radius 1 is 1.16 bits per heavy atom. The van der Waals surface area contributed by atoms with Gasteiger partial charge >= 0.3 is 0 Å². The second kappa shape index (κ2) is 6.81. The minimum absolute atomic E-state index is 0.199. The van der Waals surface area contributed by atoms with Crippen LogP contribution in [0.15, 0.2) is 47.4 Å². The van der Waals surface area contributed by atoms with Crippen molar-refractivity contribution in [2.24, 2.45) is 0 Å². The maximum atomic E-state index is 12.5. The van der Waals surface area contributed by atoms with Gasteiger partial charge in [-0.25, -0.2) is 13.4 Å². The van der Waals surface area contributed by atoms with Crippen LogP contribution < -0.4 is 10.0 Å². The molecule has 0 fully saturated rings. The van der Waals surface area contributed by atoms with Crippen molar-refractivity contribution in [2.75, 3.05) is 10.0 Å². The molecule has 0 atom stereocenters. The molecule has 1 heterocycles. The number of hydrogen-bond acceptors (Lipinski definition) is 5. The highest BCUT2D eigenvalue weighted by Gasteiger charge is 2.15. The Balaban J connectivity index is 1.86. The SMILES string of the molecule is CCc1ccc(S(=O)(=O)Nc2ccc3nc(NC(C)=O)sc3c2)cc1. The molecular weight excluding hydrogens is 358 g/mol. The molecule has 6 nitrogen and oxygen atoms in total. The molecule has 0 bridgehead atoms. The summed E-state index contributed by atoms with van der Waals surface area (Å²) in [5.74, 6) is -0.199. The average Bonchev–Trinajstić information content (AvgIpc) is 2.95. The van der Waals surface area contributed by atoms with Crippen LogP contribution in [0.4, 0.5) is 10.8 Å². The molecule has 0 aliphatic carbocycles.